The maximum Gasteiger partial charge on any atom is 0.261 e. The van der Waals surface area contributed by atoms with Gasteiger partial charge in [0, 0.05) is 19.5 Å². The molecular weight excluding hydrogens is 270 g/mol. The lowest BCUT2D eigenvalue weighted by atomic mass is 9.94. The third-order valence-electron chi connectivity index (χ3n) is 4.96. The third-order valence-corrected chi connectivity index (χ3v) is 4.96. The molecule has 2 aliphatic heterocycles. The number of nitrogens with zero attached hydrogens (tertiary/aromatic N) is 3. The Labute approximate surface area is 124 Å². The van der Waals surface area contributed by atoms with E-state index in [1.165, 1.54) is 12.8 Å². The minimum Gasteiger partial charge on any atom is -0.477 e. The minimum absolute atomic E-state index is 0.0587. The van der Waals surface area contributed by atoms with E-state index in [1.54, 1.807) is 10.9 Å². The number of morpholine rings is 1. The Bertz CT molecular complexity index is 548. The van der Waals surface area contributed by atoms with Crippen molar-refractivity contribution in [3.63, 3.8) is 0 Å². The molecule has 1 saturated heterocycles. The van der Waals surface area contributed by atoms with E-state index in [0.717, 1.165) is 25.8 Å². The van der Waals surface area contributed by atoms with E-state index in [4.69, 9.17) is 9.47 Å². The molecule has 1 spiro atoms. The highest BCUT2D eigenvalue weighted by molar-refractivity contribution is 5.97. The van der Waals surface area contributed by atoms with Crippen LogP contribution < -0.4 is 4.74 Å². The van der Waals surface area contributed by atoms with Crippen molar-refractivity contribution < 1.29 is 14.3 Å². The van der Waals surface area contributed by atoms with Crippen LogP contribution in [0.1, 0.15) is 42.5 Å². The van der Waals surface area contributed by atoms with Gasteiger partial charge in [-0.1, -0.05) is 12.8 Å². The van der Waals surface area contributed by atoms with Crippen LogP contribution in [0, 0.1) is 0 Å². The van der Waals surface area contributed by atoms with Crippen molar-refractivity contribution in [1.82, 2.24) is 14.7 Å². The number of hydrogen-bond acceptors (Lipinski definition) is 4. The second kappa shape index (κ2) is 5.02. The van der Waals surface area contributed by atoms with E-state index in [1.807, 2.05) is 4.90 Å². The topological polar surface area (TPSA) is 56.6 Å². The van der Waals surface area contributed by atoms with Crippen molar-refractivity contribution in [3.8, 4) is 5.88 Å². The van der Waals surface area contributed by atoms with Crippen LogP contribution in [-0.2, 0) is 11.3 Å². The van der Waals surface area contributed by atoms with Gasteiger partial charge < -0.3 is 14.4 Å². The van der Waals surface area contributed by atoms with Crippen LogP contribution in [0.25, 0.3) is 0 Å². The summed E-state index contributed by atoms with van der Waals surface area (Å²) in [7, 11) is 0. The Morgan fingerprint density at radius 1 is 1.19 bits per heavy atom. The Kier molecular flexibility index (Phi) is 3.14. The van der Waals surface area contributed by atoms with E-state index < -0.39 is 0 Å². The Morgan fingerprint density at radius 3 is 2.90 bits per heavy atom. The smallest absolute Gasteiger partial charge is 0.261 e. The molecule has 1 aromatic heterocycles. The summed E-state index contributed by atoms with van der Waals surface area (Å²) >= 11 is 0. The molecule has 3 aliphatic rings. The molecule has 1 aliphatic carbocycles. The van der Waals surface area contributed by atoms with Crippen LogP contribution >= 0.6 is 0 Å². The number of aromatic nitrogens is 2. The Morgan fingerprint density at radius 2 is 2.05 bits per heavy atom. The summed E-state index contributed by atoms with van der Waals surface area (Å²) in [5.74, 6) is 0.703. The van der Waals surface area contributed by atoms with E-state index in [2.05, 4.69) is 5.10 Å². The summed E-state index contributed by atoms with van der Waals surface area (Å²) in [6, 6.07) is 0. The van der Waals surface area contributed by atoms with Crippen molar-refractivity contribution in [3.05, 3.63) is 11.8 Å². The van der Waals surface area contributed by atoms with Gasteiger partial charge in [-0.05, 0) is 12.8 Å². The first-order valence-electron chi connectivity index (χ1n) is 7.89. The lowest BCUT2D eigenvalue weighted by Crippen LogP contribution is -2.57. The van der Waals surface area contributed by atoms with E-state index in [9.17, 15) is 4.79 Å². The number of hydrogen-bond donors (Lipinski definition) is 0. The minimum atomic E-state index is -0.0984. The number of rotatable bonds is 1. The summed E-state index contributed by atoms with van der Waals surface area (Å²) in [5.41, 5.74) is 0.515. The Hall–Kier alpha value is -1.56. The van der Waals surface area contributed by atoms with Crippen LogP contribution in [0.15, 0.2) is 6.20 Å². The molecular formula is C15H21N3O3. The molecule has 0 bridgehead atoms. The second-order valence-electron chi connectivity index (χ2n) is 6.23. The maximum absolute atomic E-state index is 13.0. The fraction of sp³-hybridized carbons (Fsp3) is 0.733. The fourth-order valence-corrected chi connectivity index (χ4v) is 3.86. The van der Waals surface area contributed by atoms with Crippen molar-refractivity contribution in [2.24, 2.45) is 0 Å². The first-order chi connectivity index (χ1) is 10.3. The molecule has 114 valence electrons. The van der Waals surface area contributed by atoms with Gasteiger partial charge in [-0.15, -0.1) is 0 Å². The lowest BCUT2D eigenvalue weighted by molar-refractivity contribution is -0.0503. The van der Waals surface area contributed by atoms with E-state index in [-0.39, 0.29) is 11.4 Å². The zero-order chi connectivity index (χ0) is 14.3. The maximum atomic E-state index is 13.0. The van der Waals surface area contributed by atoms with Gasteiger partial charge in [-0.2, -0.15) is 5.10 Å². The second-order valence-corrected chi connectivity index (χ2v) is 6.23. The van der Waals surface area contributed by atoms with Gasteiger partial charge in [0.25, 0.3) is 5.91 Å². The van der Waals surface area contributed by atoms with Gasteiger partial charge in [-0.25, -0.2) is 4.68 Å². The number of fused-ring (bicyclic) bond motifs is 1. The van der Waals surface area contributed by atoms with Crippen LogP contribution in [0.3, 0.4) is 0 Å². The fourth-order valence-electron chi connectivity index (χ4n) is 3.86. The van der Waals surface area contributed by atoms with Gasteiger partial charge in [-0.3, -0.25) is 4.79 Å². The summed E-state index contributed by atoms with van der Waals surface area (Å²) in [6.07, 6.45) is 7.06. The summed E-state index contributed by atoms with van der Waals surface area (Å²) in [5, 5.41) is 4.30. The number of carbonyl (C=O) groups excluding carboxylic acids is 1. The quantitative estimate of drug-likeness (QED) is 0.786. The van der Waals surface area contributed by atoms with Gasteiger partial charge in [0.15, 0.2) is 0 Å². The molecule has 1 aromatic rings. The molecule has 6 heteroatoms. The van der Waals surface area contributed by atoms with Gasteiger partial charge in [0.05, 0.1) is 31.6 Å². The van der Waals surface area contributed by atoms with Crippen molar-refractivity contribution in [2.75, 3.05) is 26.4 Å². The lowest BCUT2D eigenvalue weighted by Gasteiger charge is -2.44. The number of ether oxygens (including phenoxy) is 2. The normalized spacial score (nSPS) is 23.9. The summed E-state index contributed by atoms with van der Waals surface area (Å²) in [4.78, 5) is 15.1. The highest BCUT2D eigenvalue weighted by atomic mass is 16.5. The molecule has 1 amide bonds. The van der Waals surface area contributed by atoms with Crippen molar-refractivity contribution >= 4 is 5.91 Å². The average molecular weight is 291 g/mol. The van der Waals surface area contributed by atoms with Gasteiger partial charge >= 0.3 is 0 Å². The molecule has 0 N–H and O–H groups in total. The molecule has 3 heterocycles. The molecule has 0 radical (unpaired) electrons. The monoisotopic (exact) mass is 291 g/mol. The molecule has 0 aromatic carbocycles. The predicted octanol–water partition coefficient (Wildman–Crippen LogP) is 1.45. The molecule has 21 heavy (non-hydrogen) atoms. The molecule has 1 saturated carbocycles. The third kappa shape index (κ3) is 2.04. The number of aryl methyl sites for hydroxylation is 1. The highest BCUT2D eigenvalue weighted by Crippen LogP contribution is 2.39. The van der Waals surface area contributed by atoms with Crippen LogP contribution in [0.2, 0.25) is 0 Å². The summed E-state index contributed by atoms with van der Waals surface area (Å²) in [6.45, 7) is 3.46. The first kappa shape index (κ1) is 13.1. The first-order valence-corrected chi connectivity index (χ1v) is 7.89. The van der Waals surface area contributed by atoms with Gasteiger partial charge in [0.2, 0.25) is 5.88 Å². The largest absolute Gasteiger partial charge is 0.477 e. The van der Waals surface area contributed by atoms with E-state index in [0.29, 0.717) is 37.8 Å². The highest BCUT2D eigenvalue weighted by Gasteiger charge is 2.45. The van der Waals surface area contributed by atoms with Gasteiger partial charge in [0.1, 0.15) is 5.56 Å². The van der Waals surface area contributed by atoms with Crippen LogP contribution in [0.4, 0.5) is 0 Å². The number of amides is 1. The Balaban J connectivity index is 1.65. The molecule has 0 unspecified atom stereocenters. The molecule has 0 atom stereocenters. The van der Waals surface area contributed by atoms with Crippen LogP contribution in [0.5, 0.6) is 5.88 Å². The standard InChI is InChI=1S/C15H21N3O3/c19-13(12-10-16-18-6-3-8-21-14(12)18)17-7-9-20-11-15(17)4-1-2-5-15/h10H,1-9,11H2. The molecule has 4 rings (SSSR count). The van der Waals surface area contributed by atoms with Crippen molar-refractivity contribution in [1.29, 1.82) is 0 Å². The van der Waals surface area contributed by atoms with Crippen LogP contribution in [-0.4, -0.2) is 52.5 Å². The number of carbonyl (C=O) groups is 1. The SMILES string of the molecule is O=C(c1cnn2c1OCCC2)N1CCOCC12CCCC2. The van der Waals surface area contributed by atoms with Crippen molar-refractivity contribution in [2.45, 2.75) is 44.2 Å². The zero-order valence-electron chi connectivity index (χ0n) is 12.2. The predicted molar refractivity (Wildman–Crippen MR) is 75.4 cm³/mol. The summed E-state index contributed by atoms with van der Waals surface area (Å²) < 4.78 is 13.2. The molecule has 6 nitrogen and oxygen atoms in total. The molecule has 2 fully saturated rings. The zero-order valence-corrected chi connectivity index (χ0v) is 12.2. The van der Waals surface area contributed by atoms with E-state index >= 15 is 0 Å². The average Bonchev–Trinajstić information content (AvgIpc) is 3.14.